The summed E-state index contributed by atoms with van der Waals surface area (Å²) in [7, 11) is 0. The third-order valence-electron chi connectivity index (χ3n) is 4.28. The average molecular weight is 328 g/mol. The maximum Gasteiger partial charge on any atom is 0.188 e. The molecule has 0 amide bonds. The molecule has 0 N–H and O–H groups in total. The number of benzene rings is 2. The topological polar surface area (TPSA) is 44.1 Å². The molecule has 0 aliphatic carbocycles. The van der Waals surface area contributed by atoms with Crippen LogP contribution < -0.4 is 0 Å². The number of aryl methyl sites for hydroxylation is 2. The Hall–Kier alpha value is -3.12. The summed E-state index contributed by atoms with van der Waals surface area (Å²) in [6.07, 6.45) is 5.94. The van der Waals surface area contributed by atoms with Crippen LogP contribution in [-0.2, 0) is 4.79 Å². The highest BCUT2D eigenvalue weighted by Gasteiger charge is 2.25. The van der Waals surface area contributed by atoms with Gasteiger partial charge in [-0.2, -0.15) is 5.26 Å². The highest BCUT2D eigenvalue weighted by Crippen LogP contribution is 2.22. The first-order valence-electron chi connectivity index (χ1n) is 8.29. The van der Waals surface area contributed by atoms with E-state index in [0.29, 0.717) is 24.2 Å². The van der Waals surface area contributed by atoms with E-state index in [1.54, 1.807) is 4.90 Å². The minimum atomic E-state index is 0.0210. The lowest BCUT2D eigenvalue weighted by atomic mass is 9.94. The number of carbonyl (C=O) groups is 1. The molecule has 3 nitrogen and oxygen atoms in total. The van der Waals surface area contributed by atoms with Crippen molar-refractivity contribution in [3.05, 3.63) is 81.9 Å². The van der Waals surface area contributed by atoms with Gasteiger partial charge >= 0.3 is 0 Å². The Labute approximate surface area is 148 Å². The monoisotopic (exact) mass is 328 g/mol. The molecule has 25 heavy (non-hydrogen) atoms. The fraction of sp³-hybridized carbons (Fsp3) is 0.182. The molecule has 0 unspecified atom stereocenters. The van der Waals surface area contributed by atoms with Gasteiger partial charge in [0.05, 0.1) is 13.1 Å². The lowest BCUT2D eigenvalue weighted by molar-refractivity contribution is -0.113. The highest BCUT2D eigenvalue weighted by molar-refractivity contribution is 6.14. The van der Waals surface area contributed by atoms with Gasteiger partial charge in [0.1, 0.15) is 0 Å². The van der Waals surface area contributed by atoms with Crippen LogP contribution in [0.4, 0.5) is 0 Å². The van der Waals surface area contributed by atoms with E-state index in [4.69, 9.17) is 0 Å². The maximum absolute atomic E-state index is 12.9. The molecule has 3 rings (SSSR count). The third-order valence-corrected chi connectivity index (χ3v) is 4.28. The summed E-state index contributed by atoms with van der Waals surface area (Å²) in [5, 5.41) is 9.33. The summed E-state index contributed by atoms with van der Waals surface area (Å²) in [5.41, 5.74) is 5.60. The first kappa shape index (κ1) is 16.7. The van der Waals surface area contributed by atoms with E-state index in [-0.39, 0.29) is 5.78 Å². The first-order chi connectivity index (χ1) is 12.0. The molecular weight excluding hydrogens is 308 g/mol. The molecule has 3 heteroatoms. The number of nitriles is 1. The zero-order valence-corrected chi connectivity index (χ0v) is 14.5. The van der Waals surface area contributed by atoms with E-state index < -0.39 is 0 Å². The average Bonchev–Trinajstić information content (AvgIpc) is 2.62. The molecule has 1 saturated heterocycles. The molecule has 1 aliphatic heterocycles. The van der Waals surface area contributed by atoms with Crippen LogP contribution in [-0.4, -0.2) is 23.8 Å². The number of piperidine rings is 1. The van der Waals surface area contributed by atoms with Gasteiger partial charge in [-0.25, -0.2) is 0 Å². The molecule has 0 radical (unpaired) electrons. The van der Waals surface area contributed by atoms with Crippen LogP contribution in [0.3, 0.4) is 0 Å². The molecule has 2 aromatic rings. The van der Waals surface area contributed by atoms with E-state index in [2.05, 4.69) is 6.19 Å². The van der Waals surface area contributed by atoms with E-state index >= 15 is 0 Å². The summed E-state index contributed by atoms with van der Waals surface area (Å²) in [6.45, 7) is 4.77. The molecular formula is C22H20N2O. The Morgan fingerprint density at radius 1 is 0.840 bits per heavy atom. The molecule has 0 aromatic heterocycles. The normalized spacial score (nSPS) is 17.8. The Bertz CT molecular complexity index is 814. The molecule has 0 saturated carbocycles. The number of rotatable bonds is 2. The number of ketones is 1. The quantitative estimate of drug-likeness (QED) is 0.615. The predicted octanol–water partition coefficient (Wildman–Crippen LogP) is 4.14. The van der Waals surface area contributed by atoms with Crippen molar-refractivity contribution >= 4 is 17.9 Å². The fourth-order valence-electron chi connectivity index (χ4n) is 2.84. The molecule has 0 spiro atoms. The number of likely N-dealkylation sites (tertiary alicyclic amines) is 1. The third kappa shape index (κ3) is 4.05. The van der Waals surface area contributed by atoms with Crippen molar-refractivity contribution in [1.82, 2.24) is 4.90 Å². The molecule has 0 bridgehead atoms. The van der Waals surface area contributed by atoms with Crippen molar-refractivity contribution in [3.63, 3.8) is 0 Å². The van der Waals surface area contributed by atoms with E-state index in [9.17, 15) is 10.1 Å². The van der Waals surface area contributed by atoms with Gasteiger partial charge < -0.3 is 4.90 Å². The number of nitrogens with zero attached hydrogens (tertiary/aromatic N) is 2. The summed E-state index contributed by atoms with van der Waals surface area (Å²) in [4.78, 5) is 14.5. The Kier molecular flexibility index (Phi) is 4.81. The molecule has 1 aliphatic rings. The van der Waals surface area contributed by atoms with Gasteiger partial charge in [0, 0.05) is 11.1 Å². The summed E-state index contributed by atoms with van der Waals surface area (Å²) in [6, 6.07) is 16.0. The van der Waals surface area contributed by atoms with Crippen molar-refractivity contribution in [2.75, 3.05) is 13.1 Å². The van der Waals surface area contributed by atoms with Gasteiger partial charge in [-0.05, 0) is 37.1 Å². The van der Waals surface area contributed by atoms with Gasteiger partial charge in [0.15, 0.2) is 12.0 Å². The molecule has 1 fully saturated rings. The van der Waals surface area contributed by atoms with E-state index in [0.717, 1.165) is 11.1 Å². The number of carbonyl (C=O) groups excluding carboxylic acids is 1. The second kappa shape index (κ2) is 7.19. The van der Waals surface area contributed by atoms with Crippen molar-refractivity contribution < 1.29 is 4.79 Å². The molecule has 1 heterocycles. The Morgan fingerprint density at radius 2 is 1.24 bits per heavy atom. The lowest BCUT2D eigenvalue weighted by Gasteiger charge is -2.25. The summed E-state index contributed by atoms with van der Waals surface area (Å²) >= 11 is 0. The number of Topliss-reactive ketones (excluding diaryl/α,β-unsaturated/α-hetero) is 1. The summed E-state index contributed by atoms with van der Waals surface area (Å²) in [5.74, 6) is 0.0210. The number of hydrogen-bond acceptors (Lipinski definition) is 3. The van der Waals surface area contributed by atoms with Crippen LogP contribution in [0.1, 0.15) is 22.3 Å². The summed E-state index contributed by atoms with van der Waals surface area (Å²) < 4.78 is 0. The van der Waals surface area contributed by atoms with Crippen molar-refractivity contribution in [2.24, 2.45) is 0 Å². The van der Waals surface area contributed by atoms with Crippen molar-refractivity contribution in [2.45, 2.75) is 13.8 Å². The van der Waals surface area contributed by atoms with E-state index in [1.807, 2.05) is 74.5 Å². The lowest BCUT2D eigenvalue weighted by Crippen LogP contribution is -2.34. The largest absolute Gasteiger partial charge is 0.302 e. The SMILES string of the molecule is Cc1ccc(/C=C2\CN(C#N)C/C(=C\c3ccc(C)cc3)C2=O)cc1. The van der Waals surface area contributed by atoms with E-state index in [1.165, 1.54) is 11.1 Å². The van der Waals surface area contributed by atoms with Crippen LogP contribution >= 0.6 is 0 Å². The van der Waals surface area contributed by atoms with Crippen LogP contribution in [0, 0.1) is 25.3 Å². The van der Waals surface area contributed by atoms with Gasteiger partial charge in [-0.15, -0.1) is 0 Å². The second-order valence-electron chi connectivity index (χ2n) is 6.45. The van der Waals surface area contributed by atoms with Crippen molar-refractivity contribution in [1.29, 1.82) is 5.26 Å². The van der Waals surface area contributed by atoms with Gasteiger partial charge in [-0.3, -0.25) is 4.79 Å². The Balaban J connectivity index is 1.94. The smallest absolute Gasteiger partial charge is 0.188 e. The molecule has 0 atom stereocenters. The maximum atomic E-state index is 12.9. The van der Waals surface area contributed by atoms with Gasteiger partial charge in [0.25, 0.3) is 0 Å². The minimum absolute atomic E-state index is 0.0210. The van der Waals surface area contributed by atoms with Crippen LogP contribution in [0.15, 0.2) is 59.7 Å². The second-order valence-corrected chi connectivity index (χ2v) is 6.45. The molecule has 2 aromatic carbocycles. The molecule has 124 valence electrons. The standard InChI is InChI=1S/C22H20N2O/c1-16-3-7-18(8-4-16)11-20-13-24(15-23)14-21(22(20)25)12-19-9-5-17(2)6-10-19/h3-12H,13-14H2,1-2H3/b20-11+,21-12+. The van der Waals surface area contributed by atoms with Gasteiger partial charge in [0.2, 0.25) is 0 Å². The zero-order chi connectivity index (χ0) is 17.8. The van der Waals surface area contributed by atoms with Crippen LogP contribution in [0.25, 0.3) is 12.2 Å². The van der Waals surface area contributed by atoms with Gasteiger partial charge in [-0.1, -0.05) is 59.7 Å². The Morgan fingerprint density at radius 3 is 1.60 bits per heavy atom. The minimum Gasteiger partial charge on any atom is -0.302 e. The predicted molar refractivity (Wildman–Crippen MR) is 101 cm³/mol. The highest BCUT2D eigenvalue weighted by atomic mass is 16.1. The van der Waals surface area contributed by atoms with Crippen LogP contribution in [0.5, 0.6) is 0 Å². The fourth-order valence-corrected chi connectivity index (χ4v) is 2.84. The van der Waals surface area contributed by atoms with Crippen molar-refractivity contribution in [3.8, 4) is 6.19 Å². The first-order valence-corrected chi connectivity index (χ1v) is 8.29. The zero-order valence-electron chi connectivity index (χ0n) is 14.5. The van der Waals surface area contributed by atoms with Crippen LogP contribution in [0.2, 0.25) is 0 Å². The number of hydrogen-bond donors (Lipinski definition) is 0.